The Morgan fingerprint density at radius 2 is 2.24 bits per heavy atom. The lowest BCUT2D eigenvalue weighted by Gasteiger charge is -2.26. The fraction of sp³-hybridized carbons (Fsp3) is 0.455. The topological polar surface area (TPSA) is 55.4 Å². The zero-order valence-electron chi connectivity index (χ0n) is 9.44. The van der Waals surface area contributed by atoms with Gasteiger partial charge in [0.05, 0.1) is 17.6 Å². The molecular weight excluding hydrogens is 306 g/mol. The SMILES string of the molecule is CS(=O)(=O)c1cccc(Br)c1C1CNCCO1. The Labute approximate surface area is 109 Å². The first-order valence-corrected chi connectivity index (χ1v) is 7.99. The van der Waals surface area contributed by atoms with E-state index in [2.05, 4.69) is 21.2 Å². The minimum Gasteiger partial charge on any atom is -0.371 e. The molecule has 1 atom stereocenters. The van der Waals surface area contributed by atoms with Crippen molar-refractivity contribution in [3.8, 4) is 0 Å². The average Bonchev–Trinajstić information content (AvgIpc) is 2.28. The second-order valence-electron chi connectivity index (χ2n) is 3.99. The monoisotopic (exact) mass is 319 g/mol. The third-order valence-corrected chi connectivity index (χ3v) is 4.51. The largest absolute Gasteiger partial charge is 0.371 e. The van der Waals surface area contributed by atoms with Crippen LogP contribution in [0.1, 0.15) is 11.7 Å². The van der Waals surface area contributed by atoms with Gasteiger partial charge in [0.2, 0.25) is 0 Å². The molecule has 0 saturated carbocycles. The molecular formula is C11H14BrNO3S. The van der Waals surface area contributed by atoms with Crippen molar-refractivity contribution in [2.24, 2.45) is 0 Å². The summed E-state index contributed by atoms with van der Waals surface area (Å²) in [6.07, 6.45) is 0.998. The van der Waals surface area contributed by atoms with Gasteiger partial charge in [0.15, 0.2) is 9.84 Å². The van der Waals surface area contributed by atoms with E-state index in [0.29, 0.717) is 23.6 Å². The molecule has 0 aliphatic carbocycles. The molecule has 17 heavy (non-hydrogen) atoms. The second-order valence-corrected chi connectivity index (χ2v) is 6.83. The van der Waals surface area contributed by atoms with Gasteiger partial charge in [-0.25, -0.2) is 8.42 Å². The number of halogens is 1. The molecule has 1 saturated heterocycles. The molecule has 0 spiro atoms. The lowest BCUT2D eigenvalue weighted by molar-refractivity contribution is 0.0255. The van der Waals surface area contributed by atoms with Crippen LogP contribution in [0.2, 0.25) is 0 Å². The van der Waals surface area contributed by atoms with E-state index in [4.69, 9.17) is 4.74 Å². The molecule has 1 aliphatic rings. The van der Waals surface area contributed by atoms with E-state index in [1.165, 1.54) is 6.26 Å². The molecule has 1 aromatic rings. The summed E-state index contributed by atoms with van der Waals surface area (Å²) in [5.74, 6) is 0. The van der Waals surface area contributed by atoms with Gasteiger partial charge in [-0.1, -0.05) is 22.0 Å². The number of morpholine rings is 1. The van der Waals surface area contributed by atoms with E-state index in [9.17, 15) is 8.42 Å². The van der Waals surface area contributed by atoms with Crippen LogP contribution in [-0.2, 0) is 14.6 Å². The summed E-state index contributed by atoms with van der Waals surface area (Å²) >= 11 is 3.40. The normalized spacial score (nSPS) is 21.4. The number of sulfone groups is 1. The maximum absolute atomic E-state index is 11.8. The Balaban J connectivity index is 2.50. The lowest BCUT2D eigenvalue weighted by Crippen LogP contribution is -2.34. The van der Waals surface area contributed by atoms with Gasteiger partial charge in [-0.2, -0.15) is 0 Å². The van der Waals surface area contributed by atoms with Crippen LogP contribution in [0.5, 0.6) is 0 Å². The highest BCUT2D eigenvalue weighted by atomic mass is 79.9. The number of benzene rings is 1. The molecule has 0 bridgehead atoms. The lowest BCUT2D eigenvalue weighted by atomic mass is 10.1. The quantitative estimate of drug-likeness (QED) is 0.897. The van der Waals surface area contributed by atoms with Crippen molar-refractivity contribution >= 4 is 25.8 Å². The predicted octanol–water partition coefficient (Wildman–Crippen LogP) is 1.51. The Morgan fingerprint density at radius 3 is 2.82 bits per heavy atom. The number of hydrogen-bond donors (Lipinski definition) is 1. The van der Waals surface area contributed by atoms with Crippen LogP contribution in [0.25, 0.3) is 0 Å². The van der Waals surface area contributed by atoms with Gasteiger partial charge < -0.3 is 10.1 Å². The molecule has 1 heterocycles. The molecule has 1 aromatic carbocycles. The van der Waals surface area contributed by atoms with E-state index >= 15 is 0 Å². The zero-order chi connectivity index (χ0) is 12.5. The first-order chi connectivity index (χ1) is 8.00. The summed E-state index contributed by atoms with van der Waals surface area (Å²) in [7, 11) is -3.24. The van der Waals surface area contributed by atoms with Gasteiger partial charge in [-0.05, 0) is 12.1 Å². The summed E-state index contributed by atoms with van der Waals surface area (Å²) in [5, 5.41) is 3.20. The molecule has 0 aromatic heterocycles. The molecule has 0 amide bonds. The van der Waals surface area contributed by atoms with Crippen LogP contribution in [0.3, 0.4) is 0 Å². The average molecular weight is 320 g/mol. The van der Waals surface area contributed by atoms with Crippen LogP contribution in [-0.4, -0.2) is 34.4 Å². The molecule has 94 valence electrons. The fourth-order valence-corrected chi connectivity index (χ4v) is 3.62. The third kappa shape index (κ3) is 2.88. The Bertz CT molecular complexity index is 509. The van der Waals surface area contributed by atoms with E-state index in [-0.39, 0.29) is 6.10 Å². The second kappa shape index (κ2) is 5.06. The maximum atomic E-state index is 11.8. The highest BCUT2D eigenvalue weighted by molar-refractivity contribution is 9.10. The van der Waals surface area contributed by atoms with Gasteiger partial charge in [0.1, 0.15) is 0 Å². The first-order valence-electron chi connectivity index (χ1n) is 5.31. The van der Waals surface area contributed by atoms with Crippen molar-refractivity contribution in [2.75, 3.05) is 26.0 Å². The molecule has 6 heteroatoms. The number of nitrogens with one attached hydrogen (secondary N) is 1. The predicted molar refractivity (Wildman–Crippen MR) is 68.8 cm³/mol. The summed E-state index contributed by atoms with van der Waals surface area (Å²) in [4.78, 5) is 0.334. The van der Waals surface area contributed by atoms with Crippen molar-refractivity contribution in [3.05, 3.63) is 28.2 Å². The standard InChI is InChI=1S/C11H14BrNO3S/c1-17(14,15)10-4-2-3-8(12)11(10)9-7-13-5-6-16-9/h2-4,9,13H,5-7H2,1H3. The van der Waals surface area contributed by atoms with Gasteiger partial charge in [-0.15, -0.1) is 0 Å². The maximum Gasteiger partial charge on any atom is 0.175 e. The van der Waals surface area contributed by atoms with Gasteiger partial charge in [-0.3, -0.25) is 0 Å². The van der Waals surface area contributed by atoms with Gasteiger partial charge >= 0.3 is 0 Å². The molecule has 2 rings (SSSR count). The summed E-state index contributed by atoms with van der Waals surface area (Å²) in [5.41, 5.74) is 0.710. The van der Waals surface area contributed by atoms with E-state index < -0.39 is 9.84 Å². The van der Waals surface area contributed by atoms with Crippen molar-refractivity contribution in [2.45, 2.75) is 11.0 Å². The molecule has 1 N–H and O–H groups in total. The Morgan fingerprint density at radius 1 is 1.47 bits per heavy atom. The minimum absolute atomic E-state index is 0.218. The number of ether oxygens (including phenoxy) is 1. The van der Waals surface area contributed by atoms with Crippen molar-refractivity contribution in [1.82, 2.24) is 5.32 Å². The molecule has 1 aliphatic heterocycles. The Kier molecular flexibility index (Phi) is 3.87. The minimum atomic E-state index is -3.24. The number of rotatable bonds is 2. The van der Waals surface area contributed by atoms with Crippen molar-refractivity contribution < 1.29 is 13.2 Å². The van der Waals surface area contributed by atoms with Gasteiger partial charge in [0, 0.05) is 29.4 Å². The first kappa shape index (κ1) is 13.0. The summed E-state index contributed by atoms with van der Waals surface area (Å²) < 4.78 is 29.9. The fourth-order valence-electron chi connectivity index (χ4n) is 1.90. The van der Waals surface area contributed by atoms with E-state index in [1.54, 1.807) is 12.1 Å². The summed E-state index contributed by atoms with van der Waals surface area (Å²) in [6.45, 7) is 2.02. The highest BCUT2D eigenvalue weighted by Crippen LogP contribution is 2.32. The number of hydrogen-bond acceptors (Lipinski definition) is 4. The third-order valence-electron chi connectivity index (χ3n) is 2.66. The molecule has 1 fully saturated rings. The molecule has 0 radical (unpaired) electrons. The Hall–Kier alpha value is -0.430. The van der Waals surface area contributed by atoms with Crippen LogP contribution >= 0.6 is 15.9 Å². The van der Waals surface area contributed by atoms with Crippen molar-refractivity contribution in [3.63, 3.8) is 0 Å². The van der Waals surface area contributed by atoms with Crippen LogP contribution in [0.15, 0.2) is 27.6 Å². The zero-order valence-corrected chi connectivity index (χ0v) is 11.8. The molecule has 1 unspecified atom stereocenters. The van der Waals surface area contributed by atoms with Crippen LogP contribution in [0.4, 0.5) is 0 Å². The van der Waals surface area contributed by atoms with Crippen LogP contribution < -0.4 is 5.32 Å². The smallest absolute Gasteiger partial charge is 0.175 e. The van der Waals surface area contributed by atoms with Gasteiger partial charge in [0.25, 0.3) is 0 Å². The highest BCUT2D eigenvalue weighted by Gasteiger charge is 2.25. The van der Waals surface area contributed by atoms with Crippen molar-refractivity contribution in [1.29, 1.82) is 0 Å². The van der Waals surface area contributed by atoms with Crippen LogP contribution in [0, 0.1) is 0 Å². The molecule has 4 nitrogen and oxygen atoms in total. The summed E-state index contributed by atoms with van der Waals surface area (Å²) in [6, 6.07) is 5.18. The van der Waals surface area contributed by atoms with E-state index in [0.717, 1.165) is 11.0 Å². The van der Waals surface area contributed by atoms with E-state index in [1.807, 2.05) is 6.07 Å².